The quantitative estimate of drug-likeness (QED) is 0.0122. The van der Waals surface area contributed by atoms with E-state index in [9.17, 15) is 62.3 Å². The summed E-state index contributed by atoms with van der Waals surface area (Å²) in [5.41, 5.74) is 11.7. The van der Waals surface area contributed by atoms with Crippen LogP contribution in [0, 0.1) is 5.82 Å². The Morgan fingerprint density at radius 3 is 1.08 bits per heavy atom. The summed E-state index contributed by atoms with van der Waals surface area (Å²) in [6.07, 6.45) is 19.2. The van der Waals surface area contributed by atoms with E-state index < -0.39 is 77.4 Å². The number of phenolic OH excluding ortho intramolecular Hbond substituents is 1. The molecule has 0 fully saturated rings. The van der Waals surface area contributed by atoms with Crippen molar-refractivity contribution in [2.75, 3.05) is 72.7 Å². The normalized spacial score (nSPS) is 10.4. The minimum atomic E-state index is -0.657. The van der Waals surface area contributed by atoms with Crippen LogP contribution in [0.3, 0.4) is 0 Å². The highest BCUT2D eigenvalue weighted by Crippen LogP contribution is 2.30. The fourth-order valence-corrected chi connectivity index (χ4v) is 12.1. The number of aromatic hydroxyl groups is 1. The number of halogens is 1. The molecule has 10 rings (SSSR count). The van der Waals surface area contributed by atoms with Gasteiger partial charge in [0.2, 0.25) is 0 Å². The second-order valence-electron chi connectivity index (χ2n) is 30.5. The Bertz CT molecular complexity index is 6020. The van der Waals surface area contributed by atoms with Crippen molar-refractivity contribution in [3.8, 4) is 79.0 Å². The number of hydrogen-bond acceptors (Lipinski definition) is 28. The number of esters is 12. The van der Waals surface area contributed by atoms with E-state index in [4.69, 9.17) is 66.7 Å². The Kier molecular flexibility index (Phi) is 50.2. The van der Waals surface area contributed by atoms with Crippen LogP contribution < -0.4 is 23.7 Å². The van der Waals surface area contributed by atoms with Crippen LogP contribution >= 0.6 is 0 Å². The van der Waals surface area contributed by atoms with Crippen LogP contribution in [0.4, 0.5) is 4.39 Å². The number of unbranched alkanes of at least 4 members (excludes halogenated alkanes) is 3. The van der Waals surface area contributed by atoms with E-state index in [1.165, 1.54) is 37.3 Å². The number of phenols is 1. The first-order valence-corrected chi connectivity index (χ1v) is 45.2. The lowest BCUT2D eigenvalue weighted by atomic mass is 10.0. The van der Waals surface area contributed by atoms with Gasteiger partial charge < -0.3 is 71.4 Å². The molecule has 0 aliphatic heterocycles. The van der Waals surface area contributed by atoms with Crippen molar-refractivity contribution in [1.29, 1.82) is 0 Å². The van der Waals surface area contributed by atoms with E-state index in [-0.39, 0.29) is 77.0 Å². The molecule has 742 valence electrons. The molecular weight excluding hydrogens is 1840 g/mol. The van der Waals surface area contributed by atoms with Crippen LogP contribution in [0.1, 0.15) is 103 Å². The number of allylic oxidation sites excluding steroid dienone is 1. The van der Waals surface area contributed by atoms with Gasteiger partial charge in [-0.05, 0) is 216 Å². The second-order valence-corrected chi connectivity index (χ2v) is 30.5. The highest BCUT2D eigenvalue weighted by molar-refractivity contribution is 5.93. The summed E-state index contributed by atoms with van der Waals surface area (Å²) in [6.45, 7) is 24.8. The van der Waals surface area contributed by atoms with E-state index >= 15 is 4.39 Å². The van der Waals surface area contributed by atoms with E-state index in [1.54, 1.807) is 153 Å². The van der Waals surface area contributed by atoms with Gasteiger partial charge in [-0.2, -0.15) is 0 Å². The Balaban J connectivity index is 0.000000275. The predicted molar refractivity (Wildman–Crippen MR) is 536 cm³/mol. The first-order chi connectivity index (χ1) is 69.1. The third-order valence-corrected chi connectivity index (χ3v) is 19.6. The molecule has 0 unspecified atom stereocenters. The molecule has 0 spiro atoms. The highest BCUT2D eigenvalue weighted by atomic mass is 19.1. The molecule has 0 saturated carbocycles. The van der Waals surface area contributed by atoms with E-state index in [2.05, 4.69) is 44.2 Å². The fourth-order valence-electron chi connectivity index (χ4n) is 12.1. The van der Waals surface area contributed by atoms with Crippen molar-refractivity contribution in [2.45, 2.75) is 78.1 Å². The van der Waals surface area contributed by atoms with Crippen molar-refractivity contribution in [2.24, 2.45) is 0 Å². The van der Waals surface area contributed by atoms with E-state index in [0.29, 0.717) is 96.5 Å². The van der Waals surface area contributed by atoms with Gasteiger partial charge in [-0.15, -0.1) is 0 Å². The molecule has 143 heavy (non-hydrogen) atoms. The summed E-state index contributed by atoms with van der Waals surface area (Å²) >= 11 is 0. The Morgan fingerprint density at radius 1 is 0.301 bits per heavy atom. The highest BCUT2D eigenvalue weighted by Gasteiger charge is 2.17. The van der Waals surface area contributed by atoms with Gasteiger partial charge in [0.15, 0.2) is 5.78 Å². The Morgan fingerprint density at radius 2 is 0.643 bits per heavy atom. The number of carbonyl (C=O) groups excluding carboxylic acids is 13. The van der Waals surface area contributed by atoms with Crippen LogP contribution in [0.15, 0.2) is 330 Å². The maximum absolute atomic E-state index is 15.0. The van der Waals surface area contributed by atoms with Crippen LogP contribution in [0.2, 0.25) is 0 Å². The molecule has 0 saturated heterocycles. The van der Waals surface area contributed by atoms with Gasteiger partial charge in [-0.25, -0.2) is 47.5 Å². The number of rotatable bonds is 51. The zero-order chi connectivity index (χ0) is 103. The molecule has 0 bridgehead atoms. The fraction of sp³-hybridized carbons (Fsp3) is 0.202. The van der Waals surface area contributed by atoms with Gasteiger partial charge in [-0.3, -0.25) is 19.2 Å². The first kappa shape index (κ1) is 112. The topological polar surface area (TPSA) is 371 Å². The van der Waals surface area contributed by atoms with Crippen molar-refractivity contribution in [3.63, 3.8) is 0 Å². The van der Waals surface area contributed by atoms with Crippen molar-refractivity contribution in [1.82, 2.24) is 0 Å². The molecule has 10 aromatic rings. The molecule has 10 aromatic carbocycles. The molecule has 0 radical (unpaired) electrons. The molecule has 0 aromatic heterocycles. The smallest absolute Gasteiger partial charge is 0.338 e. The third-order valence-electron chi connectivity index (χ3n) is 19.6. The summed E-state index contributed by atoms with van der Waals surface area (Å²) in [6, 6.07) is 69.4. The molecule has 1 N–H and O–H groups in total. The maximum atomic E-state index is 15.0. The predicted octanol–water partition coefficient (Wildman–Crippen LogP) is 20.0. The van der Waals surface area contributed by atoms with Gasteiger partial charge in [0.05, 0.1) is 64.5 Å². The first-order valence-electron chi connectivity index (χ1n) is 45.2. The standard InChI is InChI=1S/C42H39FO9.C33H32O7.C28H28O9.C11H12O3/c1-3-39(44)49-26-8-6-5-7-25-48-35-19-17-33(18-20-35)37-23-9-30(29-38(37)43)10-24-41(46)52-36-21-15-32(16-22-36)31-11-13-34(14-12-31)42(47)51-28-27-50-40(45)4-2;1-4-31(34)38-23-20-26-8-15-30(16-9-26)40-32(35)19-10-25-6-11-27(12-7-25)28-13-17-29(18-14-28)37-21-5-22-39-33(36)24(2)3;1-3-25(30)35-18-19-36-27(32)15-14-26(31)34-17-16-28(33)37-24-12-10-23(11-13-24)22-8-6-21(7-9-22)5-4-20(2)29;1-2-11(13)14-8-7-9-3-5-10(12)6-4-9/h3-4,9-24,29H,1-2,5-8,25-28H2;4,6-19H,1-2,5,20-23H2,3H3;3-13H,1,14-19H2,2H3;2-6,12H,1,7-8H2/b24-10+;19-10+;5-4+;. The summed E-state index contributed by atoms with van der Waals surface area (Å²) < 4.78 is 86.6. The molecule has 29 heteroatoms. The minimum Gasteiger partial charge on any atom is -0.508 e. The second kappa shape index (κ2) is 63.8. The average molecular weight is 1950 g/mol. The summed E-state index contributed by atoms with van der Waals surface area (Å²) in [4.78, 5) is 149. The molecule has 0 atom stereocenters. The number of hydrogen-bond donors (Lipinski definition) is 1. The minimum absolute atomic E-state index is 0.0204. The lowest BCUT2D eigenvalue weighted by Crippen LogP contribution is -2.16. The number of ketones is 1. The molecular formula is C114H111FO28. The Labute approximate surface area is 828 Å². The van der Waals surface area contributed by atoms with Crippen LogP contribution in [-0.2, 0) is 113 Å². The number of carbonyl (C=O) groups is 13. The third kappa shape index (κ3) is 45.6. The molecule has 28 nitrogen and oxygen atoms in total. The lowest BCUT2D eigenvalue weighted by molar-refractivity contribution is -0.153. The lowest BCUT2D eigenvalue weighted by Gasteiger charge is -2.09. The SMILES string of the molecule is C=CC(=O)OCCCCCCOc1ccc(-c2ccc(/C=C/C(=O)Oc3ccc(-c4ccc(C(=O)OCCOC(=O)C=C)cc4)cc3)cc2F)cc1.C=CC(=O)OCCOC(=O)CCC(=O)OCCC(=O)Oc1ccc(-c2ccc(/C=C/C(C)=O)cc2)cc1.C=CC(=O)OCCc1ccc(O)cc1.C=CC(=O)OCCc1ccc(OC(=O)/C=C/c2ccc(-c3ccc(OCCCOC(=O)C(=C)C)cc3)cc2)cc1. The van der Waals surface area contributed by atoms with Gasteiger partial charge in [0.25, 0.3) is 0 Å². The Hall–Kier alpha value is -17.5. The summed E-state index contributed by atoms with van der Waals surface area (Å²) in [5.74, 6) is -4.11. The monoisotopic (exact) mass is 1950 g/mol. The van der Waals surface area contributed by atoms with Crippen molar-refractivity contribution >= 4 is 95.6 Å². The van der Waals surface area contributed by atoms with Crippen LogP contribution in [-0.4, -0.2) is 155 Å². The number of ether oxygens (including phenoxy) is 14. The van der Waals surface area contributed by atoms with Crippen LogP contribution in [0.25, 0.3) is 62.7 Å². The number of benzene rings is 10. The van der Waals surface area contributed by atoms with E-state index in [0.717, 1.165) is 117 Å². The zero-order valence-corrected chi connectivity index (χ0v) is 79.3. The van der Waals surface area contributed by atoms with Crippen molar-refractivity contribution < 1.29 is 138 Å². The largest absolute Gasteiger partial charge is 0.508 e. The van der Waals surface area contributed by atoms with E-state index in [1.807, 2.05) is 97.1 Å². The maximum Gasteiger partial charge on any atom is 0.338 e. The molecule has 0 aliphatic carbocycles. The summed E-state index contributed by atoms with van der Waals surface area (Å²) in [5, 5.41) is 9.01. The van der Waals surface area contributed by atoms with Gasteiger partial charge in [0, 0.05) is 72.9 Å². The molecule has 0 aliphatic rings. The van der Waals surface area contributed by atoms with Crippen molar-refractivity contribution in [3.05, 3.63) is 369 Å². The zero-order valence-electron chi connectivity index (χ0n) is 79.3. The average Bonchev–Trinajstić information content (AvgIpc) is 0.825. The van der Waals surface area contributed by atoms with Gasteiger partial charge in [0.1, 0.15) is 73.3 Å². The van der Waals surface area contributed by atoms with Gasteiger partial charge >= 0.3 is 71.6 Å². The summed E-state index contributed by atoms with van der Waals surface area (Å²) in [7, 11) is 0. The van der Waals surface area contributed by atoms with Crippen LogP contribution in [0.5, 0.6) is 34.5 Å². The van der Waals surface area contributed by atoms with Gasteiger partial charge in [-0.1, -0.05) is 191 Å². The molecule has 0 amide bonds. The molecule has 0 heterocycles.